The minimum absolute atomic E-state index is 0. The van der Waals surface area contributed by atoms with Crippen molar-refractivity contribution in [3.8, 4) is 0 Å². The third-order valence-corrected chi connectivity index (χ3v) is 0.288. The first kappa shape index (κ1) is 10.4. The van der Waals surface area contributed by atoms with Gasteiger partial charge in [0.15, 0.2) is 0 Å². The van der Waals surface area contributed by atoms with E-state index in [9.17, 15) is 0 Å². The van der Waals surface area contributed by atoms with Crippen molar-refractivity contribution in [1.29, 1.82) is 0 Å². The van der Waals surface area contributed by atoms with Crippen molar-refractivity contribution in [2.45, 2.75) is 13.8 Å². The summed E-state index contributed by atoms with van der Waals surface area (Å²) >= 11 is 0. The van der Waals surface area contributed by atoms with Crippen LogP contribution in [0.15, 0.2) is 10.7 Å². The molecule has 0 spiro atoms. The Morgan fingerprint density at radius 2 is 2.14 bits per heavy atom. The summed E-state index contributed by atoms with van der Waals surface area (Å²) in [6.07, 6.45) is 2.53. The average Bonchev–Trinajstić information content (AvgIpc) is 1.35. The van der Waals surface area contributed by atoms with Crippen molar-refractivity contribution < 1.29 is 31.1 Å². The van der Waals surface area contributed by atoms with Crippen LogP contribution in [0.3, 0.4) is 0 Å². The fourth-order valence-electron chi connectivity index (χ4n) is 0.176. The molecule has 0 heterocycles. The van der Waals surface area contributed by atoms with Crippen LogP contribution in [0.2, 0.25) is 0 Å². The molecular formula is C5H7NU. The minimum Gasteiger partial charge on any atom is -0.598 e. The molecule has 7 heavy (non-hydrogen) atoms. The Bertz CT molecular complexity index is 76.1. The van der Waals surface area contributed by atoms with Gasteiger partial charge >= 0.3 is 31.1 Å². The zero-order valence-electron chi connectivity index (χ0n) is 4.52. The SMILES string of the molecule is [CH-]=C(C)N=[C-]C.[U+2]. The van der Waals surface area contributed by atoms with E-state index in [1.807, 2.05) is 0 Å². The molecule has 36 valence electrons. The standard InChI is InChI=1S/C5H7N.U/c1-4-6-5(2)3;/h2H,1,3H3;/q-2;+2. The Morgan fingerprint density at radius 1 is 1.71 bits per heavy atom. The minimum atomic E-state index is 0. The van der Waals surface area contributed by atoms with Crippen LogP contribution in [0, 0.1) is 37.7 Å². The second-order valence-corrected chi connectivity index (χ2v) is 0.977. The summed E-state index contributed by atoms with van der Waals surface area (Å²) in [5, 5.41) is 0. The third-order valence-electron chi connectivity index (χ3n) is 0.288. The summed E-state index contributed by atoms with van der Waals surface area (Å²) in [6.45, 7) is 8.51. The Balaban J connectivity index is 0. The molecule has 0 radical (unpaired) electrons. The molecule has 0 aliphatic carbocycles. The van der Waals surface area contributed by atoms with Crippen molar-refractivity contribution in [2.75, 3.05) is 0 Å². The molecule has 0 amide bonds. The molecule has 0 saturated heterocycles. The van der Waals surface area contributed by atoms with Gasteiger partial charge in [0.05, 0.1) is 0 Å². The van der Waals surface area contributed by atoms with Crippen LogP contribution in [-0.4, -0.2) is 6.21 Å². The van der Waals surface area contributed by atoms with E-state index in [-0.39, 0.29) is 31.1 Å². The molecule has 0 fully saturated rings. The largest absolute Gasteiger partial charge is 2.00 e. The Hall–Kier alpha value is 0.462. The monoisotopic (exact) mass is 319 g/mol. The summed E-state index contributed by atoms with van der Waals surface area (Å²) < 4.78 is 0. The molecule has 0 saturated carbocycles. The van der Waals surface area contributed by atoms with Gasteiger partial charge in [0.25, 0.3) is 0 Å². The summed E-state index contributed by atoms with van der Waals surface area (Å²) in [5.41, 5.74) is 0.553. The smallest absolute Gasteiger partial charge is 0.598 e. The molecule has 0 atom stereocenters. The predicted molar refractivity (Wildman–Crippen MR) is 26.6 cm³/mol. The summed E-state index contributed by atoms with van der Waals surface area (Å²) in [4.78, 5) is 3.57. The predicted octanol–water partition coefficient (Wildman–Crippen LogP) is 1.29. The fourth-order valence-corrected chi connectivity index (χ4v) is 0.176. The van der Waals surface area contributed by atoms with Gasteiger partial charge in [0.1, 0.15) is 0 Å². The molecule has 0 unspecified atom stereocenters. The molecule has 0 aliphatic rings. The summed E-state index contributed by atoms with van der Waals surface area (Å²) in [6, 6.07) is 0. The van der Waals surface area contributed by atoms with Crippen molar-refractivity contribution in [2.24, 2.45) is 4.99 Å². The van der Waals surface area contributed by atoms with Gasteiger partial charge in [0, 0.05) is 0 Å². The van der Waals surface area contributed by atoms with Crippen molar-refractivity contribution in [3.05, 3.63) is 12.3 Å². The van der Waals surface area contributed by atoms with E-state index < -0.39 is 0 Å². The second kappa shape index (κ2) is 6.46. The normalized spacial score (nSPS) is 8.29. The van der Waals surface area contributed by atoms with Gasteiger partial charge in [-0.1, -0.05) is 0 Å². The maximum Gasteiger partial charge on any atom is 2.00 e. The van der Waals surface area contributed by atoms with Gasteiger partial charge in [-0.25, -0.2) is 0 Å². The zero-order valence-corrected chi connectivity index (χ0v) is 8.69. The van der Waals surface area contributed by atoms with Crippen LogP contribution in [-0.2, 0) is 0 Å². The van der Waals surface area contributed by atoms with Gasteiger partial charge in [-0.2, -0.15) is 6.21 Å². The maximum atomic E-state index is 5.09. The Labute approximate surface area is 68.3 Å². The number of allylic oxidation sites excluding steroid dienone is 1. The molecule has 0 bridgehead atoms. The molecule has 2 heteroatoms. The van der Waals surface area contributed by atoms with E-state index in [1.165, 1.54) is 0 Å². The fraction of sp³-hybridized carbons (Fsp3) is 0.400. The van der Waals surface area contributed by atoms with Gasteiger partial charge in [-0.15, -0.1) is 13.8 Å². The second-order valence-electron chi connectivity index (χ2n) is 0.977. The summed E-state index contributed by atoms with van der Waals surface area (Å²) in [7, 11) is 0. The first-order valence-corrected chi connectivity index (χ1v) is 1.74. The molecule has 0 N–H and O–H groups in total. The van der Waals surface area contributed by atoms with E-state index in [2.05, 4.69) is 11.2 Å². The van der Waals surface area contributed by atoms with Crippen molar-refractivity contribution >= 4 is 6.21 Å². The quantitative estimate of drug-likeness (QED) is 0.510. The van der Waals surface area contributed by atoms with E-state index in [1.54, 1.807) is 13.8 Å². The Kier molecular flexibility index (Phi) is 9.64. The van der Waals surface area contributed by atoms with E-state index >= 15 is 0 Å². The first-order chi connectivity index (χ1) is 2.77. The van der Waals surface area contributed by atoms with E-state index in [4.69, 9.17) is 6.58 Å². The number of aliphatic imine (C=N–C) groups is 1. The maximum absolute atomic E-state index is 5.09. The van der Waals surface area contributed by atoms with Gasteiger partial charge in [0.2, 0.25) is 0 Å². The molecule has 0 aromatic rings. The van der Waals surface area contributed by atoms with Crippen LogP contribution in [0.5, 0.6) is 0 Å². The molecule has 0 rings (SSSR count). The number of rotatable bonds is 1. The van der Waals surface area contributed by atoms with E-state index in [0.29, 0.717) is 5.70 Å². The van der Waals surface area contributed by atoms with E-state index in [0.717, 1.165) is 0 Å². The first-order valence-electron chi connectivity index (χ1n) is 1.74. The molecule has 0 aliphatic heterocycles. The third kappa shape index (κ3) is 10.7. The van der Waals surface area contributed by atoms with Crippen LogP contribution in [0.25, 0.3) is 0 Å². The Morgan fingerprint density at radius 3 is 2.14 bits per heavy atom. The van der Waals surface area contributed by atoms with Gasteiger partial charge in [-0.3, -0.25) is 0 Å². The topological polar surface area (TPSA) is 12.4 Å². The average molecular weight is 319 g/mol. The van der Waals surface area contributed by atoms with Gasteiger partial charge in [-0.05, 0) is 0 Å². The molecular weight excluding hydrogens is 312 g/mol. The van der Waals surface area contributed by atoms with Crippen LogP contribution in [0.4, 0.5) is 0 Å². The molecule has 0 aromatic carbocycles. The zero-order chi connectivity index (χ0) is 4.99. The van der Waals surface area contributed by atoms with Crippen LogP contribution in [0.1, 0.15) is 13.8 Å². The number of hydrogen-bond acceptors (Lipinski definition) is 1. The number of nitrogens with zero attached hydrogens (tertiary/aromatic N) is 1. The number of hydrogen-bond donors (Lipinski definition) is 0. The molecule has 1 nitrogen and oxygen atoms in total. The van der Waals surface area contributed by atoms with Crippen LogP contribution < -0.4 is 0 Å². The van der Waals surface area contributed by atoms with Crippen LogP contribution >= 0.6 is 0 Å². The summed E-state index contributed by atoms with van der Waals surface area (Å²) in [5.74, 6) is 0. The molecule has 0 aromatic heterocycles. The van der Waals surface area contributed by atoms with Gasteiger partial charge < -0.3 is 17.3 Å². The van der Waals surface area contributed by atoms with Crippen molar-refractivity contribution in [3.63, 3.8) is 0 Å². The van der Waals surface area contributed by atoms with Crippen molar-refractivity contribution in [1.82, 2.24) is 0 Å².